The van der Waals surface area contributed by atoms with Crippen LogP contribution in [0.3, 0.4) is 0 Å². The summed E-state index contributed by atoms with van der Waals surface area (Å²) in [5.74, 6) is -1.66. The van der Waals surface area contributed by atoms with Crippen molar-refractivity contribution in [2.24, 2.45) is 5.92 Å². The zero-order valence-corrected chi connectivity index (χ0v) is 18.3. The molecule has 1 aromatic carbocycles. The number of ether oxygens (including phenoxy) is 1. The quantitative estimate of drug-likeness (QED) is 0.517. The van der Waals surface area contributed by atoms with E-state index in [0.717, 1.165) is 5.56 Å². The molecule has 0 bridgehead atoms. The Bertz CT molecular complexity index is 931. The largest absolute Gasteiger partial charge is 0.461 e. The molecule has 1 N–H and O–H groups in total. The minimum absolute atomic E-state index is 0.178. The van der Waals surface area contributed by atoms with E-state index >= 15 is 0 Å². The molecule has 162 valence electrons. The van der Waals surface area contributed by atoms with Gasteiger partial charge in [0.05, 0.1) is 12.6 Å². The van der Waals surface area contributed by atoms with Gasteiger partial charge in [-0.15, -0.1) is 0 Å². The number of esters is 1. The number of nitrogens with one attached hydrogen (secondary N) is 1. The van der Waals surface area contributed by atoms with Crippen molar-refractivity contribution in [2.45, 2.75) is 54.1 Å². The number of nitrogens with zero attached hydrogens (tertiary/aromatic N) is 1. The second-order valence-electron chi connectivity index (χ2n) is 7.63. The van der Waals surface area contributed by atoms with Crippen molar-refractivity contribution in [1.29, 1.82) is 0 Å². The summed E-state index contributed by atoms with van der Waals surface area (Å²) < 4.78 is 18.3. The lowest BCUT2D eigenvalue weighted by atomic mass is 9.98. The van der Waals surface area contributed by atoms with Gasteiger partial charge in [-0.25, -0.2) is 9.18 Å². The van der Waals surface area contributed by atoms with Crippen molar-refractivity contribution in [3.05, 3.63) is 58.2 Å². The number of hydrogen-bond donors (Lipinski definition) is 1. The maximum absolute atomic E-state index is 13.4. The monoisotopic (exact) mass is 416 g/mol. The van der Waals surface area contributed by atoms with E-state index in [1.165, 1.54) is 17.0 Å². The van der Waals surface area contributed by atoms with Crippen LogP contribution in [0.15, 0.2) is 24.3 Å². The van der Waals surface area contributed by atoms with Gasteiger partial charge >= 0.3 is 5.97 Å². The number of carbonyl (C=O) groups excluding carboxylic acids is 3. The molecule has 0 radical (unpaired) electrons. The van der Waals surface area contributed by atoms with Crippen LogP contribution >= 0.6 is 0 Å². The standard InChI is InChI=1S/C23H29FN2O4/c1-7-30-23(29)20-14(4)19(15(5)25-20)21(27)16(6)26(22(28)13(2)3)12-17-8-10-18(24)11-9-17/h8-11,13,16,25H,7,12H2,1-6H3/t16-/m0/s1. The van der Waals surface area contributed by atoms with Gasteiger partial charge in [0.2, 0.25) is 5.91 Å². The molecular formula is C23H29FN2O4. The number of benzene rings is 1. The number of amides is 1. The van der Waals surface area contributed by atoms with Gasteiger partial charge in [-0.3, -0.25) is 9.59 Å². The first-order chi connectivity index (χ1) is 14.1. The lowest BCUT2D eigenvalue weighted by Crippen LogP contribution is -2.44. The van der Waals surface area contributed by atoms with E-state index in [0.29, 0.717) is 16.8 Å². The van der Waals surface area contributed by atoms with E-state index in [-0.39, 0.29) is 42.3 Å². The Morgan fingerprint density at radius 1 is 1.10 bits per heavy atom. The number of carbonyl (C=O) groups is 3. The fraction of sp³-hybridized carbons (Fsp3) is 0.435. The molecule has 6 nitrogen and oxygen atoms in total. The SMILES string of the molecule is CCOC(=O)c1[nH]c(C)c(C(=O)[C@H](C)N(Cc2ccc(F)cc2)C(=O)C(C)C)c1C. The highest BCUT2D eigenvalue weighted by molar-refractivity contribution is 6.06. The third-order valence-electron chi connectivity index (χ3n) is 5.05. The highest BCUT2D eigenvalue weighted by Crippen LogP contribution is 2.23. The van der Waals surface area contributed by atoms with Crippen molar-refractivity contribution in [3.8, 4) is 0 Å². The van der Waals surface area contributed by atoms with Crippen LogP contribution in [0.25, 0.3) is 0 Å². The lowest BCUT2D eigenvalue weighted by molar-refractivity contribution is -0.136. The third kappa shape index (κ3) is 4.96. The Kier molecular flexibility index (Phi) is 7.54. The number of halogens is 1. The van der Waals surface area contributed by atoms with Gasteiger partial charge in [0.25, 0.3) is 0 Å². The zero-order chi connectivity index (χ0) is 22.6. The summed E-state index contributed by atoms with van der Waals surface area (Å²) >= 11 is 0. The molecule has 0 spiro atoms. The predicted octanol–water partition coefficient (Wildman–Crippen LogP) is 4.20. The minimum atomic E-state index is -0.770. The highest BCUT2D eigenvalue weighted by atomic mass is 19.1. The number of Topliss-reactive ketones (excluding diaryl/α,β-unsaturated/α-hetero) is 1. The lowest BCUT2D eigenvalue weighted by Gasteiger charge is -2.30. The number of hydrogen-bond acceptors (Lipinski definition) is 4. The second-order valence-corrected chi connectivity index (χ2v) is 7.63. The van der Waals surface area contributed by atoms with E-state index in [1.807, 2.05) is 0 Å². The summed E-state index contributed by atoms with van der Waals surface area (Å²) in [5.41, 5.74) is 2.39. The predicted molar refractivity (Wildman–Crippen MR) is 112 cm³/mol. The van der Waals surface area contributed by atoms with Gasteiger partial charge in [-0.05, 0) is 51.0 Å². The number of rotatable bonds is 8. The fourth-order valence-electron chi connectivity index (χ4n) is 3.40. The highest BCUT2D eigenvalue weighted by Gasteiger charge is 2.32. The molecular weight excluding hydrogens is 387 g/mol. The molecule has 1 heterocycles. The van der Waals surface area contributed by atoms with Crippen LogP contribution in [0, 0.1) is 25.6 Å². The number of ketones is 1. The molecule has 7 heteroatoms. The van der Waals surface area contributed by atoms with Gasteiger partial charge in [-0.2, -0.15) is 0 Å². The molecule has 0 saturated carbocycles. The fourth-order valence-corrected chi connectivity index (χ4v) is 3.40. The number of H-pyrrole nitrogens is 1. The Balaban J connectivity index is 2.38. The number of aromatic amines is 1. The zero-order valence-electron chi connectivity index (χ0n) is 18.3. The molecule has 1 aromatic heterocycles. The second kappa shape index (κ2) is 9.69. The molecule has 0 fully saturated rings. The van der Waals surface area contributed by atoms with Crippen molar-refractivity contribution in [1.82, 2.24) is 9.88 Å². The summed E-state index contributed by atoms with van der Waals surface area (Å²) in [4.78, 5) is 42.8. The molecule has 2 aromatic rings. The first-order valence-corrected chi connectivity index (χ1v) is 10.0. The molecule has 1 amide bonds. The Morgan fingerprint density at radius 3 is 2.23 bits per heavy atom. The summed E-state index contributed by atoms with van der Waals surface area (Å²) in [6.45, 7) is 10.7. The Labute approximate surface area is 176 Å². The average Bonchev–Trinajstić information content (AvgIpc) is 3.00. The molecule has 0 unspecified atom stereocenters. The molecule has 2 rings (SSSR count). The van der Waals surface area contributed by atoms with Crippen LogP contribution in [0.5, 0.6) is 0 Å². The topological polar surface area (TPSA) is 79.5 Å². The maximum Gasteiger partial charge on any atom is 0.355 e. The number of aryl methyl sites for hydroxylation is 1. The van der Waals surface area contributed by atoms with Gasteiger partial charge in [-0.1, -0.05) is 26.0 Å². The molecule has 0 aliphatic carbocycles. The number of aromatic nitrogens is 1. The van der Waals surface area contributed by atoms with Gasteiger partial charge in [0.15, 0.2) is 5.78 Å². The normalized spacial score (nSPS) is 12.0. The summed E-state index contributed by atoms with van der Waals surface area (Å²) in [7, 11) is 0. The van der Waals surface area contributed by atoms with Crippen LogP contribution in [-0.2, 0) is 16.1 Å². The van der Waals surface area contributed by atoms with E-state index in [2.05, 4.69) is 4.98 Å². The van der Waals surface area contributed by atoms with Crippen LogP contribution in [0.1, 0.15) is 65.4 Å². The first kappa shape index (κ1) is 23.3. The van der Waals surface area contributed by atoms with Crippen molar-refractivity contribution in [3.63, 3.8) is 0 Å². The summed E-state index contributed by atoms with van der Waals surface area (Å²) in [6, 6.07) is 5.07. The first-order valence-electron chi connectivity index (χ1n) is 10.0. The Morgan fingerprint density at radius 2 is 1.70 bits per heavy atom. The third-order valence-corrected chi connectivity index (χ3v) is 5.05. The smallest absolute Gasteiger partial charge is 0.355 e. The van der Waals surface area contributed by atoms with Crippen LogP contribution in [-0.4, -0.2) is 40.2 Å². The van der Waals surface area contributed by atoms with Gasteiger partial charge in [0, 0.05) is 23.7 Å². The van der Waals surface area contributed by atoms with E-state index in [9.17, 15) is 18.8 Å². The minimum Gasteiger partial charge on any atom is -0.461 e. The summed E-state index contributed by atoms with van der Waals surface area (Å²) in [5, 5.41) is 0. The van der Waals surface area contributed by atoms with Crippen molar-refractivity contribution >= 4 is 17.7 Å². The van der Waals surface area contributed by atoms with E-state index in [1.54, 1.807) is 53.7 Å². The Hall–Kier alpha value is -2.96. The molecule has 30 heavy (non-hydrogen) atoms. The summed E-state index contributed by atoms with van der Waals surface area (Å²) in [6.07, 6.45) is 0. The van der Waals surface area contributed by atoms with E-state index < -0.39 is 12.0 Å². The van der Waals surface area contributed by atoms with Gasteiger partial charge < -0.3 is 14.6 Å². The van der Waals surface area contributed by atoms with Crippen molar-refractivity contribution in [2.75, 3.05) is 6.61 Å². The van der Waals surface area contributed by atoms with E-state index in [4.69, 9.17) is 4.74 Å². The maximum atomic E-state index is 13.4. The molecule has 1 atom stereocenters. The van der Waals surface area contributed by atoms with Gasteiger partial charge in [0.1, 0.15) is 11.5 Å². The van der Waals surface area contributed by atoms with Crippen LogP contribution in [0.4, 0.5) is 4.39 Å². The molecule has 0 saturated heterocycles. The van der Waals surface area contributed by atoms with Crippen molar-refractivity contribution < 1.29 is 23.5 Å². The average molecular weight is 416 g/mol. The van der Waals surface area contributed by atoms with Crippen LogP contribution in [0.2, 0.25) is 0 Å². The molecule has 0 aliphatic rings. The van der Waals surface area contributed by atoms with Crippen LogP contribution < -0.4 is 0 Å². The molecule has 0 aliphatic heterocycles.